The lowest BCUT2D eigenvalue weighted by atomic mass is 10.3. The van der Waals surface area contributed by atoms with Gasteiger partial charge < -0.3 is 0 Å². The van der Waals surface area contributed by atoms with Crippen LogP contribution in [0.2, 0.25) is 0 Å². The lowest BCUT2D eigenvalue weighted by Crippen LogP contribution is -1.72. The Balaban J connectivity index is 0. The van der Waals surface area contributed by atoms with Gasteiger partial charge in [0.2, 0.25) is 0 Å². The lowest BCUT2D eigenvalue weighted by Gasteiger charge is -1.84. The summed E-state index contributed by atoms with van der Waals surface area (Å²) in [6.45, 7) is 1.92. The predicted molar refractivity (Wildman–Crippen MR) is 32.7 cm³/mol. The highest BCUT2D eigenvalue weighted by Gasteiger charge is 1.78. The molecule has 0 N–H and O–H groups in total. The minimum absolute atomic E-state index is 0. The van der Waals surface area contributed by atoms with Crippen molar-refractivity contribution < 1.29 is 4.39 Å². The summed E-state index contributed by atoms with van der Waals surface area (Å²) in [5.41, 5.74) is 0. The molecule has 0 rings (SSSR count). The van der Waals surface area contributed by atoms with Crippen molar-refractivity contribution in [3.8, 4) is 0 Å². The van der Waals surface area contributed by atoms with Gasteiger partial charge in [0.1, 0.15) is 0 Å². The molecule has 0 heterocycles. The minimum Gasteiger partial charge on any atom is -0.251 e. The standard InChI is InChI=1S/C5H11F.ClH/c1-2-3-4-5-6;/h2-5H2,1H3;1H. The Hall–Kier alpha value is 0.220. The Morgan fingerprint density at radius 3 is 2.00 bits per heavy atom. The third-order valence-corrected chi connectivity index (χ3v) is 0.737. The Bertz CT molecular complexity index is 20.0. The van der Waals surface area contributed by atoms with Crippen molar-refractivity contribution in [1.82, 2.24) is 0 Å². The smallest absolute Gasteiger partial charge is 0.0894 e. The summed E-state index contributed by atoms with van der Waals surface area (Å²) < 4.78 is 11.2. The zero-order chi connectivity index (χ0) is 4.83. The molecular formula is C5H12ClF. The zero-order valence-corrected chi connectivity index (χ0v) is 5.43. The first-order valence-corrected chi connectivity index (χ1v) is 2.47. The summed E-state index contributed by atoms with van der Waals surface area (Å²) in [4.78, 5) is 0. The van der Waals surface area contributed by atoms with Crippen molar-refractivity contribution in [3.63, 3.8) is 0 Å². The molecule has 46 valence electrons. The fourth-order valence-corrected chi connectivity index (χ4v) is 0.344. The molecule has 0 aromatic rings. The zero-order valence-electron chi connectivity index (χ0n) is 4.61. The molecule has 0 saturated carbocycles. The van der Waals surface area contributed by atoms with E-state index in [-0.39, 0.29) is 19.1 Å². The molecule has 0 atom stereocenters. The molecule has 0 saturated heterocycles. The number of alkyl halides is 1. The molecule has 0 aliphatic rings. The fourth-order valence-electron chi connectivity index (χ4n) is 0.344. The topological polar surface area (TPSA) is 0 Å². The Labute approximate surface area is 50.5 Å². The molecule has 7 heavy (non-hydrogen) atoms. The van der Waals surface area contributed by atoms with Gasteiger partial charge in [0, 0.05) is 0 Å². The van der Waals surface area contributed by atoms with Crippen LogP contribution in [0.1, 0.15) is 26.2 Å². The maximum absolute atomic E-state index is 11.2. The number of rotatable bonds is 3. The van der Waals surface area contributed by atoms with E-state index in [2.05, 4.69) is 6.92 Å². The van der Waals surface area contributed by atoms with Gasteiger partial charge in [0.05, 0.1) is 6.67 Å². The molecule has 0 fully saturated rings. The molecule has 0 aliphatic carbocycles. The molecule has 0 radical (unpaired) electrons. The van der Waals surface area contributed by atoms with Crippen LogP contribution in [-0.4, -0.2) is 6.67 Å². The Morgan fingerprint density at radius 1 is 1.29 bits per heavy atom. The van der Waals surface area contributed by atoms with Crippen molar-refractivity contribution in [2.75, 3.05) is 6.67 Å². The van der Waals surface area contributed by atoms with Gasteiger partial charge in [0.25, 0.3) is 0 Å². The van der Waals surface area contributed by atoms with E-state index in [1.807, 2.05) is 0 Å². The molecule has 0 aromatic heterocycles. The first kappa shape index (κ1) is 10.3. The normalized spacial score (nSPS) is 7.71. The summed E-state index contributed by atoms with van der Waals surface area (Å²) in [5, 5.41) is 0. The molecule has 0 amide bonds. The maximum atomic E-state index is 11.2. The van der Waals surface area contributed by atoms with Gasteiger partial charge in [-0.1, -0.05) is 19.8 Å². The minimum atomic E-state index is -0.145. The fraction of sp³-hybridized carbons (Fsp3) is 1.00. The van der Waals surface area contributed by atoms with E-state index in [1.54, 1.807) is 0 Å². The molecule has 0 bridgehead atoms. The van der Waals surface area contributed by atoms with E-state index in [0.717, 1.165) is 19.3 Å². The van der Waals surface area contributed by atoms with Crippen LogP contribution in [-0.2, 0) is 0 Å². The van der Waals surface area contributed by atoms with Crippen molar-refractivity contribution in [2.45, 2.75) is 26.2 Å². The number of unbranched alkanes of at least 4 members (excludes halogenated alkanes) is 2. The van der Waals surface area contributed by atoms with Crippen molar-refractivity contribution >= 4 is 12.4 Å². The molecule has 2 heteroatoms. The van der Waals surface area contributed by atoms with E-state index in [9.17, 15) is 4.39 Å². The van der Waals surface area contributed by atoms with Gasteiger partial charge in [-0.05, 0) is 6.42 Å². The van der Waals surface area contributed by atoms with Gasteiger partial charge in [0.15, 0.2) is 0 Å². The molecule has 0 aliphatic heterocycles. The van der Waals surface area contributed by atoms with Gasteiger partial charge in [-0.3, -0.25) is 4.39 Å². The highest BCUT2D eigenvalue weighted by atomic mass is 35.5. The summed E-state index contributed by atoms with van der Waals surface area (Å²) in [6.07, 6.45) is 2.90. The van der Waals surface area contributed by atoms with Crippen molar-refractivity contribution in [2.24, 2.45) is 0 Å². The largest absolute Gasteiger partial charge is 0.251 e. The second kappa shape index (κ2) is 9.52. The average molecular weight is 127 g/mol. The molecule has 0 unspecified atom stereocenters. The van der Waals surface area contributed by atoms with Gasteiger partial charge in [-0.15, -0.1) is 12.4 Å². The van der Waals surface area contributed by atoms with Crippen LogP contribution in [0.4, 0.5) is 4.39 Å². The molecule has 0 aromatic carbocycles. The van der Waals surface area contributed by atoms with E-state index in [1.165, 1.54) is 0 Å². The monoisotopic (exact) mass is 126 g/mol. The van der Waals surface area contributed by atoms with E-state index in [4.69, 9.17) is 0 Å². The van der Waals surface area contributed by atoms with Crippen LogP contribution in [0.5, 0.6) is 0 Å². The molecule has 0 nitrogen and oxygen atoms in total. The van der Waals surface area contributed by atoms with Crippen LogP contribution >= 0.6 is 12.4 Å². The van der Waals surface area contributed by atoms with Crippen molar-refractivity contribution in [3.05, 3.63) is 0 Å². The van der Waals surface area contributed by atoms with E-state index in [0.29, 0.717) is 0 Å². The predicted octanol–water partition coefficient (Wildman–Crippen LogP) is 2.57. The van der Waals surface area contributed by atoms with Crippen molar-refractivity contribution in [1.29, 1.82) is 0 Å². The average Bonchev–Trinajstić information content (AvgIpc) is 1.61. The summed E-state index contributed by atoms with van der Waals surface area (Å²) in [6, 6.07) is 0. The number of hydrogen-bond donors (Lipinski definition) is 0. The number of hydrogen-bond acceptors (Lipinski definition) is 0. The lowest BCUT2D eigenvalue weighted by molar-refractivity contribution is 0.460. The summed E-state index contributed by atoms with van der Waals surface area (Å²) in [5.74, 6) is 0. The highest BCUT2D eigenvalue weighted by Crippen LogP contribution is 1.91. The second-order valence-corrected chi connectivity index (χ2v) is 1.40. The third kappa shape index (κ3) is 10.7. The van der Waals surface area contributed by atoms with Gasteiger partial charge in [-0.2, -0.15) is 0 Å². The number of halogens is 2. The van der Waals surface area contributed by atoms with Gasteiger partial charge in [-0.25, -0.2) is 0 Å². The van der Waals surface area contributed by atoms with E-state index >= 15 is 0 Å². The molecular weight excluding hydrogens is 115 g/mol. The van der Waals surface area contributed by atoms with Crippen LogP contribution in [0, 0.1) is 0 Å². The summed E-state index contributed by atoms with van der Waals surface area (Å²) in [7, 11) is 0. The third-order valence-electron chi connectivity index (χ3n) is 0.737. The maximum Gasteiger partial charge on any atom is 0.0894 e. The Morgan fingerprint density at radius 2 is 1.86 bits per heavy atom. The van der Waals surface area contributed by atoms with Gasteiger partial charge >= 0.3 is 0 Å². The van der Waals surface area contributed by atoms with Crippen LogP contribution in [0.3, 0.4) is 0 Å². The SMILES string of the molecule is CCCCCF.Cl. The molecule has 0 spiro atoms. The first-order chi connectivity index (χ1) is 2.91. The van der Waals surface area contributed by atoms with Crippen LogP contribution in [0.15, 0.2) is 0 Å². The first-order valence-electron chi connectivity index (χ1n) is 2.47. The summed E-state index contributed by atoms with van der Waals surface area (Å²) >= 11 is 0. The van der Waals surface area contributed by atoms with Crippen LogP contribution < -0.4 is 0 Å². The van der Waals surface area contributed by atoms with Crippen LogP contribution in [0.25, 0.3) is 0 Å². The highest BCUT2D eigenvalue weighted by molar-refractivity contribution is 5.85. The van der Waals surface area contributed by atoms with E-state index < -0.39 is 0 Å². The second-order valence-electron chi connectivity index (χ2n) is 1.40. The Kier molecular flexibility index (Phi) is 13.9. The quantitative estimate of drug-likeness (QED) is 0.510.